The molecule has 0 radical (unpaired) electrons. The molecular weight excluding hydrogens is 240 g/mol. The molecule has 0 saturated heterocycles. The molecule has 0 aromatic heterocycles. The van der Waals surface area contributed by atoms with Crippen LogP contribution in [-0.4, -0.2) is 12.2 Å². The predicted octanol–water partition coefficient (Wildman–Crippen LogP) is 2.21. The zero-order chi connectivity index (χ0) is 13.7. The zero-order valence-electron chi connectivity index (χ0n) is 10.3. The Morgan fingerprint density at radius 2 is 1.68 bits per heavy atom. The maximum Gasteiger partial charge on any atom is 0.255 e. The lowest BCUT2D eigenvalue weighted by atomic mass is 10.1. The molecule has 3 N–H and O–H groups in total. The van der Waals surface area contributed by atoms with Crippen LogP contribution in [-0.2, 0) is 6.54 Å². The molecule has 2 aromatic rings. The predicted molar refractivity (Wildman–Crippen MR) is 74.1 cm³/mol. The van der Waals surface area contributed by atoms with Crippen LogP contribution in [0.3, 0.4) is 0 Å². The molecule has 4 heteroatoms. The average molecular weight is 254 g/mol. The number of hydrogen-bond acceptors (Lipinski definition) is 3. The minimum Gasteiger partial charge on any atom is -0.326 e. The zero-order valence-corrected chi connectivity index (χ0v) is 10.3. The van der Waals surface area contributed by atoms with Crippen molar-refractivity contribution in [2.45, 2.75) is 6.54 Å². The van der Waals surface area contributed by atoms with Crippen LogP contribution < -0.4 is 11.1 Å². The minimum atomic E-state index is -0.210. The van der Waals surface area contributed by atoms with Crippen LogP contribution in [0.15, 0.2) is 48.5 Å². The molecule has 96 valence electrons. The number of hydrogen-bond donors (Lipinski definition) is 2. The largest absolute Gasteiger partial charge is 0.326 e. The highest BCUT2D eigenvalue weighted by molar-refractivity contribution is 6.04. The second kappa shape index (κ2) is 5.93. The van der Waals surface area contributed by atoms with E-state index in [1.807, 2.05) is 12.1 Å². The fourth-order valence-electron chi connectivity index (χ4n) is 1.64. The van der Waals surface area contributed by atoms with Gasteiger partial charge in [-0.3, -0.25) is 9.59 Å². The van der Waals surface area contributed by atoms with E-state index in [0.29, 0.717) is 23.4 Å². The highest BCUT2D eigenvalue weighted by Gasteiger charge is 2.05. The summed E-state index contributed by atoms with van der Waals surface area (Å²) in [6.45, 7) is 0.474. The van der Waals surface area contributed by atoms with Crippen molar-refractivity contribution in [1.82, 2.24) is 0 Å². The highest BCUT2D eigenvalue weighted by atomic mass is 16.1. The molecule has 19 heavy (non-hydrogen) atoms. The average Bonchev–Trinajstić information content (AvgIpc) is 2.48. The van der Waals surface area contributed by atoms with E-state index in [2.05, 4.69) is 5.32 Å². The summed E-state index contributed by atoms with van der Waals surface area (Å²) >= 11 is 0. The molecule has 2 aromatic carbocycles. The Kier molecular flexibility index (Phi) is 4.05. The maximum atomic E-state index is 11.9. The van der Waals surface area contributed by atoms with E-state index in [1.165, 1.54) is 0 Å². The Balaban J connectivity index is 2.08. The Hall–Kier alpha value is -2.46. The van der Waals surface area contributed by atoms with Gasteiger partial charge in [-0.1, -0.05) is 24.3 Å². The molecule has 0 saturated carbocycles. The SMILES string of the molecule is NCc1ccc(NC(=O)c2ccc(C=O)cc2)cc1. The number of benzene rings is 2. The van der Waals surface area contributed by atoms with Crippen molar-refractivity contribution in [3.8, 4) is 0 Å². The van der Waals surface area contributed by atoms with Crippen molar-refractivity contribution < 1.29 is 9.59 Å². The van der Waals surface area contributed by atoms with Crippen molar-refractivity contribution in [2.24, 2.45) is 5.73 Å². The quantitative estimate of drug-likeness (QED) is 0.822. The van der Waals surface area contributed by atoms with E-state index < -0.39 is 0 Å². The van der Waals surface area contributed by atoms with Gasteiger partial charge in [0.25, 0.3) is 5.91 Å². The molecule has 0 heterocycles. The molecule has 4 nitrogen and oxygen atoms in total. The first-order valence-corrected chi connectivity index (χ1v) is 5.88. The molecule has 0 spiro atoms. The Morgan fingerprint density at radius 3 is 2.21 bits per heavy atom. The van der Waals surface area contributed by atoms with Crippen LogP contribution >= 0.6 is 0 Å². The van der Waals surface area contributed by atoms with Gasteiger partial charge in [0, 0.05) is 23.4 Å². The Bertz CT molecular complexity index is 574. The second-order valence-electron chi connectivity index (χ2n) is 4.10. The Labute approximate surface area is 111 Å². The van der Waals surface area contributed by atoms with E-state index in [1.54, 1.807) is 36.4 Å². The van der Waals surface area contributed by atoms with Crippen molar-refractivity contribution >= 4 is 17.9 Å². The van der Waals surface area contributed by atoms with E-state index in [-0.39, 0.29) is 5.91 Å². The van der Waals surface area contributed by atoms with E-state index in [9.17, 15) is 9.59 Å². The van der Waals surface area contributed by atoms with Gasteiger partial charge in [0.05, 0.1) is 0 Å². The first-order valence-electron chi connectivity index (χ1n) is 5.88. The molecule has 0 aliphatic heterocycles. The third-order valence-corrected chi connectivity index (χ3v) is 2.76. The van der Waals surface area contributed by atoms with Gasteiger partial charge in [-0.15, -0.1) is 0 Å². The first kappa shape index (κ1) is 13.0. The number of nitrogens with two attached hydrogens (primary N) is 1. The highest BCUT2D eigenvalue weighted by Crippen LogP contribution is 2.11. The molecular formula is C15H14N2O2. The van der Waals surface area contributed by atoms with Gasteiger partial charge in [0.15, 0.2) is 0 Å². The monoisotopic (exact) mass is 254 g/mol. The summed E-state index contributed by atoms with van der Waals surface area (Å²) < 4.78 is 0. The molecule has 0 aliphatic rings. The van der Waals surface area contributed by atoms with Gasteiger partial charge in [-0.25, -0.2) is 0 Å². The maximum absolute atomic E-state index is 11.9. The van der Waals surface area contributed by atoms with Gasteiger partial charge in [0.2, 0.25) is 0 Å². The van der Waals surface area contributed by atoms with Crippen LogP contribution in [0.4, 0.5) is 5.69 Å². The van der Waals surface area contributed by atoms with Crippen molar-refractivity contribution in [1.29, 1.82) is 0 Å². The fourth-order valence-corrected chi connectivity index (χ4v) is 1.64. The molecule has 1 amide bonds. The van der Waals surface area contributed by atoms with Gasteiger partial charge in [0.1, 0.15) is 6.29 Å². The van der Waals surface area contributed by atoms with Crippen LogP contribution in [0.5, 0.6) is 0 Å². The lowest BCUT2D eigenvalue weighted by Crippen LogP contribution is -2.11. The molecule has 2 rings (SSSR count). The number of rotatable bonds is 4. The summed E-state index contributed by atoms with van der Waals surface area (Å²) in [4.78, 5) is 22.5. The summed E-state index contributed by atoms with van der Waals surface area (Å²) in [5, 5.41) is 2.78. The van der Waals surface area contributed by atoms with Crippen LogP contribution in [0.1, 0.15) is 26.3 Å². The molecule has 0 unspecified atom stereocenters. The molecule has 0 fully saturated rings. The van der Waals surface area contributed by atoms with Crippen molar-refractivity contribution in [2.75, 3.05) is 5.32 Å². The topological polar surface area (TPSA) is 72.2 Å². The summed E-state index contributed by atoms with van der Waals surface area (Å²) in [5.74, 6) is -0.210. The lowest BCUT2D eigenvalue weighted by molar-refractivity contribution is 0.102. The normalized spacial score (nSPS) is 9.95. The Morgan fingerprint density at radius 1 is 1.05 bits per heavy atom. The van der Waals surface area contributed by atoms with Gasteiger partial charge < -0.3 is 11.1 Å². The fraction of sp³-hybridized carbons (Fsp3) is 0.0667. The van der Waals surface area contributed by atoms with Crippen molar-refractivity contribution in [3.63, 3.8) is 0 Å². The summed E-state index contributed by atoms with van der Waals surface area (Å²) in [6.07, 6.45) is 0.743. The van der Waals surface area contributed by atoms with E-state index in [4.69, 9.17) is 5.73 Å². The first-order chi connectivity index (χ1) is 9.22. The van der Waals surface area contributed by atoms with Gasteiger partial charge in [-0.2, -0.15) is 0 Å². The van der Waals surface area contributed by atoms with Crippen LogP contribution in [0.25, 0.3) is 0 Å². The number of amides is 1. The number of anilines is 1. The number of nitrogens with one attached hydrogen (secondary N) is 1. The third kappa shape index (κ3) is 3.26. The van der Waals surface area contributed by atoms with Crippen molar-refractivity contribution in [3.05, 3.63) is 65.2 Å². The summed E-state index contributed by atoms with van der Waals surface area (Å²) in [7, 11) is 0. The molecule has 0 atom stereocenters. The number of carbonyl (C=O) groups excluding carboxylic acids is 2. The summed E-state index contributed by atoms with van der Waals surface area (Å²) in [6, 6.07) is 13.8. The lowest BCUT2D eigenvalue weighted by Gasteiger charge is -2.06. The number of carbonyl (C=O) groups is 2. The third-order valence-electron chi connectivity index (χ3n) is 2.76. The van der Waals surface area contributed by atoms with Gasteiger partial charge >= 0.3 is 0 Å². The number of aldehydes is 1. The van der Waals surface area contributed by atoms with Crippen LogP contribution in [0, 0.1) is 0 Å². The molecule has 0 aliphatic carbocycles. The van der Waals surface area contributed by atoms with E-state index in [0.717, 1.165) is 11.8 Å². The second-order valence-corrected chi connectivity index (χ2v) is 4.10. The summed E-state index contributed by atoms with van der Waals surface area (Å²) in [5.41, 5.74) is 8.27. The smallest absolute Gasteiger partial charge is 0.255 e. The van der Waals surface area contributed by atoms with Crippen LogP contribution in [0.2, 0.25) is 0 Å². The standard InChI is InChI=1S/C15H14N2O2/c16-9-11-3-7-14(8-4-11)17-15(19)13-5-1-12(10-18)2-6-13/h1-8,10H,9,16H2,(H,17,19). The van der Waals surface area contributed by atoms with Gasteiger partial charge in [-0.05, 0) is 29.8 Å². The van der Waals surface area contributed by atoms with E-state index >= 15 is 0 Å². The molecule has 0 bridgehead atoms. The minimum absolute atomic E-state index is 0.210.